The van der Waals surface area contributed by atoms with Gasteiger partial charge in [-0.05, 0) is 56.1 Å². The number of fused-ring (bicyclic) bond motifs is 1. The molecule has 0 spiro atoms. The average molecular weight is 427 g/mol. The summed E-state index contributed by atoms with van der Waals surface area (Å²) in [5.74, 6) is 0.224. The highest BCUT2D eigenvalue weighted by Gasteiger charge is 2.66. The lowest BCUT2D eigenvalue weighted by molar-refractivity contribution is -0.142. The molecular formula is C24H27ClN2O3. The summed E-state index contributed by atoms with van der Waals surface area (Å²) in [7, 11) is 0. The highest BCUT2D eigenvalue weighted by molar-refractivity contribution is 6.30. The maximum absolute atomic E-state index is 13.8. The zero-order valence-corrected chi connectivity index (χ0v) is 18.2. The molecule has 2 aromatic carbocycles. The number of likely N-dealkylation sites (tertiary alicyclic amines) is 1. The molecule has 1 fully saturated rings. The largest absolute Gasteiger partial charge is 0.425 e. The Morgan fingerprint density at radius 3 is 2.70 bits per heavy atom. The van der Waals surface area contributed by atoms with E-state index < -0.39 is 11.0 Å². The molecule has 0 bridgehead atoms. The molecule has 2 aliphatic heterocycles. The molecule has 0 saturated carbocycles. The number of hydrogen-bond donors (Lipinski definition) is 1. The summed E-state index contributed by atoms with van der Waals surface area (Å²) in [5.41, 5.74) is 0.173. The van der Waals surface area contributed by atoms with Gasteiger partial charge in [-0.3, -0.25) is 14.5 Å². The van der Waals surface area contributed by atoms with Gasteiger partial charge in [0.2, 0.25) is 5.91 Å². The third-order valence-electron chi connectivity index (χ3n) is 6.68. The third-order valence-corrected chi connectivity index (χ3v) is 6.91. The predicted octanol–water partition coefficient (Wildman–Crippen LogP) is 3.93. The summed E-state index contributed by atoms with van der Waals surface area (Å²) in [6.07, 6.45) is 2.44. The minimum atomic E-state index is -1.01. The standard InChI is InChI=1S/C24H27ClN2O3/c1-3-27-15-7-12-23(27,13-14-26-17(2)28)24(18-8-5-4-6-9-18)20-16-19(25)10-11-21(20)30-22(24)29/h4-6,8-11,16H,3,7,12-15H2,1-2H3,(H,26,28). The normalized spacial score (nSPS) is 25.8. The Kier molecular flexibility index (Phi) is 5.60. The Hall–Kier alpha value is -2.37. The van der Waals surface area contributed by atoms with E-state index in [0.29, 0.717) is 23.7 Å². The molecule has 4 rings (SSSR count). The lowest BCUT2D eigenvalue weighted by Crippen LogP contribution is -2.63. The van der Waals surface area contributed by atoms with Gasteiger partial charge < -0.3 is 10.1 Å². The van der Waals surface area contributed by atoms with Crippen molar-refractivity contribution in [2.24, 2.45) is 0 Å². The number of rotatable bonds is 6. The predicted molar refractivity (Wildman–Crippen MR) is 117 cm³/mol. The Morgan fingerprint density at radius 1 is 1.23 bits per heavy atom. The van der Waals surface area contributed by atoms with Gasteiger partial charge in [0.05, 0.1) is 0 Å². The van der Waals surface area contributed by atoms with E-state index in [4.69, 9.17) is 16.3 Å². The highest BCUT2D eigenvalue weighted by atomic mass is 35.5. The SMILES string of the molecule is CCN1CCCC1(CCNC(C)=O)C1(c2ccccc2)C(=O)Oc2ccc(Cl)cc21. The van der Waals surface area contributed by atoms with Crippen molar-refractivity contribution < 1.29 is 14.3 Å². The van der Waals surface area contributed by atoms with E-state index in [2.05, 4.69) is 17.1 Å². The van der Waals surface area contributed by atoms with Gasteiger partial charge in [0.25, 0.3) is 0 Å². The summed E-state index contributed by atoms with van der Waals surface area (Å²) in [6.45, 7) is 5.83. The molecule has 5 nitrogen and oxygen atoms in total. The molecule has 0 aromatic heterocycles. The first kappa shape index (κ1) is 20.9. The van der Waals surface area contributed by atoms with Crippen molar-refractivity contribution in [3.8, 4) is 5.75 Å². The maximum Gasteiger partial charge on any atom is 0.328 e. The summed E-state index contributed by atoms with van der Waals surface area (Å²) in [6, 6.07) is 15.3. The van der Waals surface area contributed by atoms with Gasteiger partial charge in [-0.25, -0.2) is 0 Å². The topological polar surface area (TPSA) is 58.6 Å². The Labute approximate surface area is 182 Å². The van der Waals surface area contributed by atoms with Crippen molar-refractivity contribution in [2.75, 3.05) is 19.6 Å². The molecule has 1 N–H and O–H groups in total. The van der Waals surface area contributed by atoms with Crippen LogP contribution in [0.3, 0.4) is 0 Å². The van der Waals surface area contributed by atoms with Crippen LogP contribution < -0.4 is 10.1 Å². The smallest absolute Gasteiger partial charge is 0.328 e. The lowest BCUT2D eigenvalue weighted by atomic mass is 9.59. The quantitative estimate of drug-likeness (QED) is 0.561. The van der Waals surface area contributed by atoms with Gasteiger partial charge in [0, 0.05) is 29.6 Å². The molecule has 6 heteroatoms. The molecule has 0 aliphatic carbocycles. The van der Waals surface area contributed by atoms with Gasteiger partial charge >= 0.3 is 5.97 Å². The Morgan fingerprint density at radius 2 is 2.00 bits per heavy atom. The summed E-state index contributed by atoms with van der Waals surface area (Å²) in [4.78, 5) is 27.8. The van der Waals surface area contributed by atoms with Crippen LogP contribution in [-0.2, 0) is 15.0 Å². The molecule has 158 valence electrons. The fraction of sp³-hybridized carbons (Fsp3) is 0.417. The van der Waals surface area contributed by atoms with Crippen LogP contribution in [0.2, 0.25) is 5.02 Å². The fourth-order valence-corrected chi connectivity index (χ4v) is 5.75. The number of nitrogens with one attached hydrogen (secondary N) is 1. The Bertz CT molecular complexity index is 964. The first-order chi connectivity index (χ1) is 14.5. The van der Waals surface area contributed by atoms with Crippen LogP contribution in [0.4, 0.5) is 0 Å². The van der Waals surface area contributed by atoms with Crippen molar-refractivity contribution in [3.63, 3.8) is 0 Å². The highest BCUT2D eigenvalue weighted by Crippen LogP contribution is 2.57. The first-order valence-corrected chi connectivity index (χ1v) is 10.9. The molecule has 1 amide bonds. The van der Waals surface area contributed by atoms with Crippen molar-refractivity contribution in [1.29, 1.82) is 0 Å². The van der Waals surface area contributed by atoms with E-state index in [0.717, 1.165) is 37.1 Å². The summed E-state index contributed by atoms with van der Waals surface area (Å²) in [5, 5.41) is 3.51. The zero-order valence-electron chi connectivity index (χ0n) is 17.4. The number of carbonyl (C=O) groups is 2. The molecule has 2 aliphatic rings. The number of amides is 1. The van der Waals surface area contributed by atoms with Gasteiger partial charge in [-0.15, -0.1) is 0 Å². The van der Waals surface area contributed by atoms with E-state index in [-0.39, 0.29) is 11.9 Å². The molecule has 0 radical (unpaired) electrons. The number of ether oxygens (including phenoxy) is 1. The second kappa shape index (κ2) is 8.05. The first-order valence-electron chi connectivity index (χ1n) is 10.5. The summed E-state index contributed by atoms with van der Waals surface area (Å²) < 4.78 is 5.88. The molecule has 1 saturated heterocycles. The van der Waals surface area contributed by atoms with Crippen molar-refractivity contribution in [1.82, 2.24) is 10.2 Å². The van der Waals surface area contributed by atoms with Crippen molar-refractivity contribution >= 4 is 23.5 Å². The monoisotopic (exact) mass is 426 g/mol. The number of halogens is 1. The molecular weight excluding hydrogens is 400 g/mol. The minimum absolute atomic E-state index is 0.0719. The van der Waals surface area contributed by atoms with E-state index >= 15 is 0 Å². The number of hydrogen-bond acceptors (Lipinski definition) is 4. The second-order valence-electron chi connectivity index (χ2n) is 8.09. The van der Waals surface area contributed by atoms with Gasteiger partial charge in [-0.1, -0.05) is 48.9 Å². The molecule has 2 atom stereocenters. The van der Waals surface area contributed by atoms with Crippen LogP contribution in [0.25, 0.3) is 0 Å². The van der Waals surface area contributed by atoms with Crippen molar-refractivity contribution in [3.05, 3.63) is 64.7 Å². The molecule has 30 heavy (non-hydrogen) atoms. The minimum Gasteiger partial charge on any atom is -0.425 e. The van der Waals surface area contributed by atoms with Gasteiger partial charge in [-0.2, -0.15) is 0 Å². The molecule has 2 heterocycles. The number of likely N-dealkylation sites (N-methyl/N-ethyl adjacent to an activating group) is 1. The number of esters is 1. The molecule has 2 unspecified atom stereocenters. The Balaban J connectivity index is 1.99. The van der Waals surface area contributed by atoms with Crippen LogP contribution in [0, 0.1) is 0 Å². The number of benzene rings is 2. The second-order valence-corrected chi connectivity index (χ2v) is 8.53. The maximum atomic E-state index is 13.8. The number of carbonyl (C=O) groups excluding carboxylic acids is 2. The average Bonchev–Trinajstić information content (AvgIpc) is 3.27. The van der Waals surface area contributed by atoms with Crippen LogP contribution >= 0.6 is 11.6 Å². The van der Waals surface area contributed by atoms with Crippen LogP contribution in [0.5, 0.6) is 5.75 Å². The molecule has 2 aromatic rings. The summed E-state index contributed by atoms with van der Waals surface area (Å²) >= 11 is 6.42. The van der Waals surface area contributed by atoms with Gasteiger partial charge in [0.15, 0.2) is 0 Å². The van der Waals surface area contributed by atoms with Crippen LogP contribution in [0.15, 0.2) is 48.5 Å². The third kappa shape index (κ3) is 3.03. The van der Waals surface area contributed by atoms with Crippen molar-refractivity contribution in [2.45, 2.75) is 44.1 Å². The zero-order chi connectivity index (χ0) is 21.4. The number of nitrogens with zero attached hydrogens (tertiary/aromatic N) is 1. The van der Waals surface area contributed by atoms with E-state index in [1.165, 1.54) is 6.92 Å². The van der Waals surface area contributed by atoms with E-state index in [1.54, 1.807) is 12.1 Å². The van der Waals surface area contributed by atoms with Gasteiger partial charge in [0.1, 0.15) is 11.2 Å². The van der Waals surface area contributed by atoms with Crippen LogP contribution in [-0.4, -0.2) is 41.9 Å². The van der Waals surface area contributed by atoms with E-state index in [9.17, 15) is 9.59 Å². The lowest BCUT2D eigenvalue weighted by Gasteiger charge is -2.50. The van der Waals surface area contributed by atoms with E-state index in [1.807, 2.05) is 36.4 Å². The fourth-order valence-electron chi connectivity index (χ4n) is 5.58. The van der Waals surface area contributed by atoms with Crippen LogP contribution in [0.1, 0.15) is 44.2 Å².